The van der Waals surface area contributed by atoms with Gasteiger partial charge in [-0.3, -0.25) is 4.79 Å². The van der Waals surface area contributed by atoms with Crippen LogP contribution in [0.15, 0.2) is 69.9 Å². The van der Waals surface area contributed by atoms with Gasteiger partial charge < -0.3 is 9.73 Å². The van der Waals surface area contributed by atoms with E-state index in [0.717, 1.165) is 11.8 Å². The lowest BCUT2D eigenvalue weighted by Crippen LogP contribution is -2.31. The summed E-state index contributed by atoms with van der Waals surface area (Å²) in [7, 11) is 0. The highest BCUT2D eigenvalue weighted by atomic mass is 16.4. The Hall–Kier alpha value is -2.88. The van der Waals surface area contributed by atoms with E-state index in [4.69, 9.17) is 4.42 Å². The Morgan fingerprint density at radius 2 is 1.79 bits per heavy atom. The number of carbonyl (C=O) groups excluding carboxylic acids is 1. The minimum Gasteiger partial charge on any atom is -0.422 e. The molecule has 4 nitrogen and oxygen atoms in total. The molecule has 2 aromatic carbocycles. The Kier molecular flexibility index (Phi) is 4.75. The van der Waals surface area contributed by atoms with E-state index in [9.17, 15) is 9.59 Å². The number of nitrogens with one attached hydrogen (secondary N) is 1. The molecule has 3 aromatic rings. The summed E-state index contributed by atoms with van der Waals surface area (Å²) in [5, 5.41) is 3.59. The highest BCUT2D eigenvalue weighted by Crippen LogP contribution is 2.18. The molecular formula is C20H19NO3. The summed E-state index contributed by atoms with van der Waals surface area (Å²) in [5.41, 5.74) is 1.08. The third-order valence-corrected chi connectivity index (χ3v) is 4.16. The molecule has 24 heavy (non-hydrogen) atoms. The fourth-order valence-electron chi connectivity index (χ4n) is 2.75. The van der Waals surface area contributed by atoms with Gasteiger partial charge in [-0.2, -0.15) is 0 Å². The molecule has 0 aliphatic rings. The molecule has 122 valence electrons. The van der Waals surface area contributed by atoms with Crippen LogP contribution in [0.2, 0.25) is 0 Å². The lowest BCUT2D eigenvalue weighted by molar-refractivity contribution is 0.0947. The van der Waals surface area contributed by atoms with Gasteiger partial charge >= 0.3 is 5.63 Å². The van der Waals surface area contributed by atoms with E-state index >= 15 is 0 Å². The van der Waals surface area contributed by atoms with Gasteiger partial charge in [0.1, 0.15) is 11.1 Å². The first-order valence-corrected chi connectivity index (χ1v) is 8.05. The van der Waals surface area contributed by atoms with Crippen molar-refractivity contribution in [2.24, 2.45) is 0 Å². The molecule has 0 spiro atoms. The van der Waals surface area contributed by atoms with Crippen molar-refractivity contribution in [3.63, 3.8) is 0 Å². The van der Waals surface area contributed by atoms with Crippen LogP contribution in [-0.2, 0) is 0 Å². The van der Waals surface area contributed by atoms with E-state index in [1.807, 2.05) is 42.5 Å². The smallest absolute Gasteiger partial charge is 0.349 e. The van der Waals surface area contributed by atoms with E-state index in [-0.39, 0.29) is 11.5 Å². The average molecular weight is 321 g/mol. The normalized spacial score (nSPS) is 12.0. The molecule has 1 unspecified atom stereocenters. The molecule has 1 aromatic heterocycles. The summed E-state index contributed by atoms with van der Waals surface area (Å²) in [6.07, 6.45) is 0.899. The Morgan fingerprint density at radius 1 is 1.08 bits per heavy atom. The number of hydrogen-bond acceptors (Lipinski definition) is 3. The van der Waals surface area contributed by atoms with Crippen LogP contribution in [0.5, 0.6) is 0 Å². The molecule has 0 bridgehead atoms. The summed E-state index contributed by atoms with van der Waals surface area (Å²) in [5.74, 6) is -0.188. The summed E-state index contributed by atoms with van der Waals surface area (Å²) in [4.78, 5) is 24.4. The fraction of sp³-hybridized carbons (Fsp3) is 0.200. The monoisotopic (exact) mass is 321 g/mol. The standard InChI is InChI=1S/C20H19NO3/c1-2-14(15-8-4-3-5-9-15)13-21-19(22)17-12-16-10-6-7-11-18(16)24-20(17)23/h3-12,14H,2,13H2,1H3,(H,21,22). The highest BCUT2D eigenvalue weighted by Gasteiger charge is 2.16. The minimum atomic E-state index is -0.612. The molecular weight excluding hydrogens is 302 g/mol. The van der Waals surface area contributed by atoms with Gasteiger partial charge in [0, 0.05) is 17.8 Å². The number of benzene rings is 2. The van der Waals surface area contributed by atoms with Gasteiger partial charge in [-0.15, -0.1) is 0 Å². The van der Waals surface area contributed by atoms with Gasteiger partial charge in [-0.25, -0.2) is 4.79 Å². The molecule has 1 N–H and O–H groups in total. The van der Waals surface area contributed by atoms with Crippen molar-refractivity contribution in [1.82, 2.24) is 5.32 Å². The molecule has 1 atom stereocenters. The summed E-state index contributed by atoms with van der Waals surface area (Å²) in [6.45, 7) is 2.56. The number of hydrogen-bond donors (Lipinski definition) is 1. The second kappa shape index (κ2) is 7.13. The van der Waals surface area contributed by atoms with Crippen LogP contribution >= 0.6 is 0 Å². The predicted molar refractivity (Wildman–Crippen MR) is 94.3 cm³/mol. The molecule has 1 heterocycles. The molecule has 1 amide bonds. The molecule has 0 aliphatic carbocycles. The Morgan fingerprint density at radius 3 is 2.54 bits per heavy atom. The van der Waals surface area contributed by atoms with Gasteiger partial charge in [0.05, 0.1) is 0 Å². The number of para-hydroxylation sites is 1. The number of rotatable bonds is 5. The summed E-state index contributed by atoms with van der Waals surface area (Å²) < 4.78 is 5.22. The number of fused-ring (bicyclic) bond motifs is 1. The fourth-order valence-corrected chi connectivity index (χ4v) is 2.75. The lowest BCUT2D eigenvalue weighted by Gasteiger charge is -2.16. The largest absolute Gasteiger partial charge is 0.422 e. The maximum Gasteiger partial charge on any atom is 0.349 e. The number of carbonyl (C=O) groups is 1. The van der Waals surface area contributed by atoms with Gasteiger partial charge in [0.2, 0.25) is 0 Å². The molecule has 0 fully saturated rings. The average Bonchev–Trinajstić information content (AvgIpc) is 2.62. The third kappa shape index (κ3) is 3.38. The summed E-state index contributed by atoms with van der Waals surface area (Å²) >= 11 is 0. The Labute approximate surface area is 140 Å². The highest BCUT2D eigenvalue weighted by molar-refractivity contribution is 5.96. The quantitative estimate of drug-likeness (QED) is 0.729. The van der Waals surface area contributed by atoms with Crippen LogP contribution in [0.1, 0.15) is 35.2 Å². The van der Waals surface area contributed by atoms with Crippen LogP contribution in [0.3, 0.4) is 0 Å². The lowest BCUT2D eigenvalue weighted by atomic mass is 9.96. The van der Waals surface area contributed by atoms with Crippen molar-refractivity contribution in [3.8, 4) is 0 Å². The molecule has 0 saturated heterocycles. The van der Waals surface area contributed by atoms with Gasteiger partial charge in [0.15, 0.2) is 0 Å². The van der Waals surface area contributed by atoms with Crippen LogP contribution < -0.4 is 10.9 Å². The van der Waals surface area contributed by atoms with E-state index in [1.165, 1.54) is 5.56 Å². The van der Waals surface area contributed by atoms with Crippen molar-refractivity contribution in [2.75, 3.05) is 6.54 Å². The molecule has 0 saturated carbocycles. The SMILES string of the molecule is CCC(CNC(=O)c1cc2ccccc2oc1=O)c1ccccc1. The van der Waals surface area contributed by atoms with E-state index in [2.05, 4.69) is 12.2 Å². The summed E-state index contributed by atoms with van der Waals surface area (Å²) in [6, 6.07) is 18.8. The first-order valence-electron chi connectivity index (χ1n) is 8.05. The van der Waals surface area contributed by atoms with Crippen LogP contribution in [0.4, 0.5) is 0 Å². The van der Waals surface area contributed by atoms with Crippen LogP contribution in [-0.4, -0.2) is 12.5 Å². The van der Waals surface area contributed by atoms with Gasteiger partial charge in [-0.1, -0.05) is 55.5 Å². The van der Waals surface area contributed by atoms with E-state index in [1.54, 1.807) is 18.2 Å². The van der Waals surface area contributed by atoms with Crippen LogP contribution in [0, 0.1) is 0 Å². The molecule has 3 rings (SSSR count). The van der Waals surface area contributed by atoms with E-state index < -0.39 is 11.5 Å². The molecule has 0 aliphatic heterocycles. The van der Waals surface area contributed by atoms with E-state index in [0.29, 0.717) is 12.1 Å². The maximum atomic E-state index is 12.4. The minimum absolute atomic E-state index is 0.0385. The predicted octanol–water partition coefficient (Wildman–Crippen LogP) is 3.72. The first-order chi connectivity index (χ1) is 11.7. The van der Waals surface area contributed by atoms with Gasteiger partial charge in [-0.05, 0) is 24.1 Å². The third-order valence-electron chi connectivity index (χ3n) is 4.16. The second-order valence-electron chi connectivity index (χ2n) is 5.71. The zero-order valence-electron chi connectivity index (χ0n) is 13.5. The maximum absolute atomic E-state index is 12.4. The first kappa shape index (κ1) is 16.0. The van der Waals surface area contributed by atoms with Crippen LogP contribution in [0.25, 0.3) is 11.0 Å². The molecule has 0 radical (unpaired) electrons. The van der Waals surface area contributed by atoms with Crippen molar-refractivity contribution in [3.05, 3.63) is 82.2 Å². The molecule has 4 heteroatoms. The zero-order chi connectivity index (χ0) is 16.9. The van der Waals surface area contributed by atoms with Crippen molar-refractivity contribution in [1.29, 1.82) is 0 Å². The second-order valence-corrected chi connectivity index (χ2v) is 5.71. The Bertz CT molecular complexity index is 899. The number of amides is 1. The zero-order valence-corrected chi connectivity index (χ0v) is 13.5. The van der Waals surface area contributed by atoms with Crippen molar-refractivity contribution in [2.45, 2.75) is 19.3 Å². The Balaban J connectivity index is 1.77. The van der Waals surface area contributed by atoms with Crippen molar-refractivity contribution < 1.29 is 9.21 Å². The topological polar surface area (TPSA) is 59.3 Å². The van der Waals surface area contributed by atoms with Gasteiger partial charge in [0.25, 0.3) is 5.91 Å². The van der Waals surface area contributed by atoms with Crippen molar-refractivity contribution >= 4 is 16.9 Å².